The van der Waals surface area contributed by atoms with Crippen LogP contribution in [0.1, 0.15) is 20.8 Å². The first-order valence-corrected chi connectivity index (χ1v) is 5.71. The number of nitrogens with one attached hydrogen (secondary N) is 2. The lowest BCUT2D eigenvalue weighted by Gasteiger charge is -2.13. The maximum atomic E-state index is 5.40. The summed E-state index contributed by atoms with van der Waals surface area (Å²) in [5.74, 6) is 5.92. The molecule has 102 valence electrons. The smallest absolute Gasteiger partial charge is 0.323 e. The maximum Gasteiger partial charge on any atom is 0.323 e. The molecule has 1 atom stereocenters. The van der Waals surface area contributed by atoms with Crippen LogP contribution in [0.25, 0.3) is 0 Å². The molecule has 0 fully saturated rings. The quantitative estimate of drug-likeness (QED) is 0.475. The molecule has 0 aliphatic heterocycles. The lowest BCUT2D eigenvalue weighted by Crippen LogP contribution is -2.21. The van der Waals surface area contributed by atoms with Crippen molar-refractivity contribution in [3.05, 3.63) is 0 Å². The van der Waals surface area contributed by atoms with E-state index in [1.54, 1.807) is 7.11 Å². The Balaban J connectivity index is 2.76. The highest BCUT2D eigenvalue weighted by Gasteiger charge is 2.09. The second-order valence-electron chi connectivity index (χ2n) is 4.00. The molecule has 1 heterocycles. The van der Waals surface area contributed by atoms with Crippen LogP contribution in [-0.2, 0) is 4.74 Å². The van der Waals surface area contributed by atoms with Gasteiger partial charge in [0.15, 0.2) is 0 Å². The number of hydrogen-bond donors (Lipinski definition) is 3. The van der Waals surface area contributed by atoms with Crippen LogP contribution in [0.2, 0.25) is 0 Å². The Bertz CT molecular complexity index is 373. The molecule has 0 aliphatic carbocycles. The minimum absolute atomic E-state index is 0.0243. The Morgan fingerprint density at radius 1 is 1.17 bits per heavy atom. The number of rotatable bonds is 7. The van der Waals surface area contributed by atoms with Crippen molar-refractivity contribution in [3.63, 3.8) is 0 Å². The number of aromatic nitrogens is 3. The summed E-state index contributed by atoms with van der Waals surface area (Å²) in [7, 11) is 1.64. The average molecular weight is 256 g/mol. The average Bonchev–Trinajstić information content (AvgIpc) is 2.34. The first-order valence-electron chi connectivity index (χ1n) is 5.71. The summed E-state index contributed by atoms with van der Waals surface area (Å²) in [4.78, 5) is 12.2. The minimum Gasteiger partial charge on any atom is -0.461 e. The van der Waals surface area contributed by atoms with E-state index in [2.05, 4.69) is 25.7 Å². The van der Waals surface area contributed by atoms with Crippen LogP contribution in [0.3, 0.4) is 0 Å². The largest absolute Gasteiger partial charge is 0.461 e. The summed E-state index contributed by atoms with van der Waals surface area (Å²) in [6, 6.07) is 0.223. The first kappa shape index (κ1) is 14.4. The molecule has 0 amide bonds. The molecule has 1 unspecified atom stereocenters. The van der Waals surface area contributed by atoms with Gasteiger partial charge in [0.05, 0.1) is 12.2 Å². The van der Waals surface area contributed by atoms with Gasteiger partial charge in [-0.2, -0.15) is 15.0 Å². The van der Waals surface area contributed by atoms with E-state index in [0.717, 1.165) is 0 Å². The Morgan fingerprint density at radius 3 is 2.39 bits per heavy atom. The SMILES string of the molecule is COC(C)CNc1nc(NN)nc(OC(C)C)n1. The molecular weight excluding hydrogens is 236 g/mol. The van der Waals surface area contributed by atoms with Crippen LogP contribution in [0.15, 0.2) is 0 Å². The Hall–Kier alpha value is -1.67. The highest BCUT2D eigenvalue weighted by molar-refractivity contribution is 5.34. The number of hydrazine groups is 1. The zero-order valence-corrected chi connectivity index (χ0v) is 11.1. The molecule has 0 saturated heterocycles. The molecule has 1 aromatic rings. The molecule has 0 radical (unpaired) electrons. The fourth-order valence-electron chi connectivity index (χ4n) is 1.08. The van der Waals surface area contributed by atoms with Gasteiger partial charge in [0.25, 0.3) is 0 Å². The van der Waals surface area contributed by atoms with Crippen LogP contribution >= 0.6 is 0 Å². The maximum absolute atomic E-state index is 5.40. The number of nitrogen functional groups attached to an aromatic ring is 1. The van der Waals surface area contributed by atoms with Gasteiger partial charge in [-0.15, -0.1) is 0 Å². The number of ether oxygens (including phenoxy) is 2. The van der Waals surface area contributed by atoms with E-state index >= 15 is 0 Å². The third-order valence-corrected chi connectivity index (χ3v) is 2.04. The van der Waals surface area contributed by atoms with Gasteiger partial charge >= 0.3 is 6.01 Å². The zero-order chi connectivity index (χ0) is 13.5. The van der Waals surface area contributed by atoms with Crippen molar-refractivity contribution >= 4 is 11.9 Å². The normalized spacial score (nSPS) is 12.3. The van der Waals surface area contributed by atoms with Crippen molar-refractivity contribution in [1.29, 1.82) is 0 Å². The van der Waals surface area contributed by atoms with Crippen LogP contribution in [0.5, 0.6) is 6.01 Å². The van der Waals surface area contributed by atoms with Crippen molar-refractivity contribution in [2.45, 2.75) is 33.0 Å². The summed E-state index contributed by atoms with van der Waals surface area (Å²) in [6.45, 7) is 6.28. The predicted octanol–water partition coefficient (Wildman–Crippen LogP) is 0.391. The van der Waals surface area contributed by atoms with Crippen molar-refractivity contribution in [2.24, 2.45) is 5.84 Å². The van der Waals surface area contributed by atoms with Crippen LogP contribution < -0.4 is 21.3 Å². The lowest BCUT2D eigenvalue weighted by molar-refractivity contribution is 0.128. The third kappa shape index (κ3) is 4.68. The second kappa shape index (κ2) is 6.92. The van der Waals surface area contributed by atoms with E-state index in [4.69, 9.17) is 15.3 Å². The van der Waals surface area contributed by atoms with E-state index in [9.17, 15) is 0 Å². The third-order valence-electron chi connectivity index (χ3n) is 2.04. The number of nitrogens with zero attached hydrogens (tertiary/aromatic N) is 3. The minimum atomic E-state index is -0.0243. The van der Waals surface area contributed by atoms with Crippen LogP contribution in [-0.4, -0.2) is 40.8 Å². The van der Waals surface area contributed by atoms with Crippen LogP contribution in [0.4, 0.5) is 11.9 Å². The van der Waals surface area contributed by atoms with E-state index in [-0.39, 0.29) is 24.2 Å². The van der Waals surface area contributed by atoms with Gasteiger partial charge in [0.2, 0.25) is 11.9 Å². The van der Waals surface area contributed by atoms with E-state index in [1.165, 1.54) is 0 Å². The van der Waals surface area contributed by atoms with Gasteiger partial charge in [-0.05, 0) is 20.8 Å². The Morgan fingerprint density at radius 2 is 1.83 bits per heavy atom. The summed E-state index contributed by atoms with van der Waals surface area (Å²) in [5, 5.41) is 3.02. The van der Waals surface area contributed by atoms with Crippen molar-refractivity contribution in [2.75, 3.05) is 24.4 Å². The number of anilines is 2. The van der Waals surface area contributed by atoms with E-state index in [0.29, 0.717) is 12.5 Å². The van der Waals surface area contributed by atoms with Crippen molar-refractivity contribution < 1.29 is 9.47 Å². The topological polar surface area (TPSA) is 107 Å². The summed E-state index contributed by atoms with van der Waals surface area (Å²) < 4.78 is 10.5. The molecule has 0 spiro atoms. The van der Waals surface area contributed by atoms with E-state index in [1.807, 2.05) is 20.8 Å². The molecule has 4 N–H and O–H groups in total. The van der Waals surface area contributed by atoms with Gasteiger partial charge in [0.1, 0.15) is 0 Å². The summed E-state index contributed by atoms with van der Waals surface area (Å²) in [6.07, 6.45) is 0.0225. The lowest BCUT2D eigenvalue weighted by atomic mass is 10.4. The van der Waals surface area contributed by atoms with Gasteiger partial charge in [0, 0.05) is 13.7 Å². The fourth-order valence-corrected chi connectivity index (χ4v) is 1.08. The highest BCUT2D eigenvalue weighted by Crippen LogP contribution is 2.11. The molecular formula is C10H20N6O2. The van der Waals surface area contributed by atoms with Gasteiger partial charge in [-0.3, -0.25) is 5.43 Å². The summed E-state index contributed by atoms with van der Waals surface area (Å²) in [5.41, 5.74) is 2.37. The Labute approximate surface area is 106 Å². The van der Waals surface area contributed by atoms with Crippen LogP contribution in [0, 0.1) is 0 Å². The molecule has 0 aliphatic rings. The van der Waals surface area contributed by atoms with Crippen molar-refractivity contribution in [3.8, 4) is 6.01 Å². The second-order valence-corrected chi connectivity index (χ2v) is 4.00. The molecule has 8 heteroatoms. The zero-order valence-electron chi connectivity index (χ0n) is 11.1. The molecule has 0 aromatic carbocycles. The monoisotopic (exact) mass is 256 g/mol. The Kier molecular flexibility index (Phi) is 5.53. The predicted molar refractivity (Wildman–Crippen MR) is 68.4 cm³/mol. The number of nitrogens with two attached hydrogens (primary N) is 1. The first-order chi connectivity index (χ1) is 8.55. The van der Waals surface area contributed by atoms with Gasteiger partial charge < -0.3 is 14.8 Å². The molecule has 0 bridgehead atoms. The highest BCUT2D eigenvalue weighted by atomic mass is 16.5. The standard InChI is InChI=1S/C10H20N6O2/c1-6(2)18-10-14-8(12-5-7(3)17-4)13-9(15-10)16-11/h6-7H,5,11H2,1-4H3,(H2,12,13,14,15,16). The van der Waals surface area contributed by atoms with E-state index < -0.39 is 0 Å². The number of hydrogen-bond acceptors (Lipinski definition) is 8. The van der Waals surface area contributed by atoms with Gasteiger partial charge in [-0.1, -0.05) is 0 Å². The number of methoxy groups -OCH3 is 1. The molecule has 18 heavy (non-hydrogen) atoms. The molecule has 1 rings (SSSR count). The molecule has 1 aromatic heterocycles. The fraction of sp³-hybridized carbons (Fsp3) is 0.700. The van der Waals surface area contributed by atoms with Gasteiger partial charge in [-0.25, -0.2) is 5.84 Å². The summed E-state index contributed by atoms with van der Waals surface area (Å²) >= 11 is 0. The molecule has 8 nitrogen and oxygen atoms in total. The van der Waals surface area contributed by atoms with Crippen molar-refractivity contribution in [1.82, 2.24) is 15.0 Å². The molecule has 0 saturated carbocycles.